The van der Waals surface area contributed by atoms with E-state index in [0.717, 1.165) is 14.9 Å². The molecule has 0 unspecified atom stereocenters. The topological polar surface area (TPSA) is 64.9 Å². The molecule has 0 radical (unpaired) electrons. The van der Waals surface area contributed by atoms with E-state index in [2.05, 4.69) is 26.1 Å². The monoisotopic (exact) mass is 313 g/mol. The van der Waals surface area contributed by atoms with E-state index in [1.807, 2.05) is 25.1 Å². The lowest BCUT2D eigenvalue weighted by molar-refractivity contribution is 0.429. The standard InChI is InChI=1S/C11H12BrN3OS/c1-6(13)8-3-4-10(9(12)5-8)17-11-15-14-7(2)16-11/h3-6H,13H2,1-2H3/t6-/m1/s1. The normalized spacial score (nSPS) is 12.7. The number of halogens is 1. The summed E-state index contributed by atoms with van der Waals surface area (Å²) in [5, 5.41) is 8.26. The fourth-order valence-corrected chi connectivity index (χ4v) is 2.66. The van der Waals surface area contributed by atoms with Crippen molar-refractivity contribution in [2.45, 2.75) is 30.0 Å². The summed E-state index contributed by atoms with van der Waals surface area (Å²) in [6, 6.07) is 6.03. The first-order chi connectivity index (χ1) is 8.06. The van der Waals surface area contributed by atoms with Crippen molar-refractivity contribution in [2.24, 2.45) is 5.73 Å². The number of aryl methyl sites for hydroxylation is 1. The first-order valence-corrected chi connectivity index (χ1v) is 6.70. The molecule has 0 spiro atoms. The van der Waals surface area contributed by atoms with Gasteiger partial charge in [-0.3, -0.25) is 0 Å². The molecule has 0 saturated heterocycles. The van der Waals surface area contributed by atoms with Gasteiger partial charge < -0.3 is 10.2 Å². The molecule has 1 aromatic heterocycles. The van der Waals surface area contributed by atoms with Crippen LogP contribution in [0, 0.1) is 6.92 Å². The minimum atomic E-state index is 0.0241. The van der Waals surface area contributed by atoms with Crippen LogP contribution in [0.15, 0.2) is 37.2 Å². The SMILES string of the molecule is Cc1nnc(Sc2ccc([C@@H](C)N)cc2Br)o1. The number of hydrogen-bond acceptors (Lipinski definition) is 5. The molecule has 2 rings (SSSR count). The van der Waals surface area contributed by atoms with Gasteiger partial charge in [-0.15, -0.1) is 10.2 Å². The van der Waals surface area contributed by atoms with Gasteiger partial charge in [-0.2, -0.15) is 0 Å². The van der Waals surface area contributed by atoms with Gasteiger partial charge in [0.1, 0.15) is 0 Å². The molecule has 1 heterocycles. The summed E-state index contributed by atoms with van der Waals surface area (Å²) in [6.07, 6.45) is 0. The number of nitrogens with zero attached hydrogens (tertiary/aromatic N) is 2. The van der Waals surface area contributed by atoms with E-state index in [4.69, 9.17) is 10.2 Å². The number of nitrogens with two attached hydrogens (primary N) is 1. The quantitative estimate of drug-likeness (QED) is 0.941. The van der Waals surface area contributed by atoms with Gasteiger partial charge in [-0.25, -0.2) is 0 Å². The predicted molar refractivity (Wildman–Crippen MR) is 69.9 cm³/mol. The van der Waals surface area contributed by atoms with Gasteiger partial charge in [0.25, 0.3) is 5.22 Å². The molecule has 4 nitrogen and oxygen atoms in total. The van der Waals surface area contributed by atoms with E-state index in [-0.39, 0.29) is 6.04 Å². The second-order valence-electron chi connectivity index (χ2n) is 3.67. The highest BCUT2D eigenvalue weighted by molar-refractivity contribution is 9.10. The third kappa shape index (κ3) is 3.08. The van der Waals surface area contributed by atoms with E-state index < -0.39 is 0 Å². The third-order valence-electron chi connectivity index (χ3n) is 2.19. The Bertz CT molecular complexity index is 527. The largest absolute Gasteiger partial charge is 0.416 e. The Morgan fingerprint density at radius 1 is 1.41 bits per heavy atom. The first kappa shape index (κ1) is 12.6. The number of benzene rings is 1. The first-order valence-electron chi connectivity index (χ1n) is 5.09. The molecule has 17 heavy (non-hydrogen) atoms. The van der Waals surface area contributed by atoms with Gasteiger partial charge in [-0.05, 0) is 52.3 Å². The lowest BCUT2D eigenvalue weighted by atomic mass is 10.1. The van der Waals surface area contributed by atoms with Crippen LogP contribution in [-0.4, -0.2) is 10.2 Å². The highest BCUT2D eigenvalue weighted by Gasteiger charge is 2.09. The van der Waals surface area contributed by atoms with E-state index in [1.165, 1.54) is 11.8 Å². The fourth-order valence-electron chi connectivity index (χ4n) is 1.30. The molecule has 6 heteroatoms. The van der Waals surface area contributed by atoms with Gasteiger partial charge in [0.15, 0.2) is 0 Å². The Kier molecular flexibility index (Phi) is 3.86. The minimum absolute atomic E-state index is 0.0241. The Balaban J connectivity index is 2.22. The zero-order chi connectivity index (χ0) is 12.4. The van der Waals surface area contributed by atoms with E-state index in [9.17, 15) is 0 Å². The zero-order valence-electron chi connectivity index (χ0n) is 9.48. The molecule has 90 valence electrons. The van der Waals surface area contributed by atoms with Crippen molar-refractivity contribution >= 4 is 27.7 Å². The van der Waals surface area contributed by atoms with Crippen molar-refractivity contribution in [3.63, 3.8) is 0 Å². The Morgan fingerprint density at radius 3 is 2.71 bits per heavy atom. The Labute approximate surface area is 112 Å². The molecular weight excluding hydrogens is 302 g/mol. The number of hydrogen-bond donors (Lipinski definition) is 1. The van der Waals surface area contributed by atoms with Crippen LogP contribution < -0.4 is 5.73 Å². The molecule has 0 aliphatic heterocycles. The van der Waals surface area contributed by atoms with Crippen molar-refractivity contribution in [1.82, 2.24) is 10.2 Å². The average molecular weight is 314 g/mol. The van der Waals surface area contributed by atoms with Gasteiger partial charge in [-0.1, -0.05) is 6.07 Å². The van der Waals surface area contributed by atoms with Crippen molar-refractivity contribution in [3.8, 4) is 0 Å². The maximum Gasteiger partial charge on any atom is 0.281 e. The number of rotatable bonds is 3. The van der Waals surface area contributed by atoms with Crippen LogP contribution in [0.4, 0.5) is 0 Å². The van der Waals surface area contributed by atoms with Crippen molar-refractivity contribution in [3.05, 3.63) is 34.1 Å². The van der Waals surface area contributed by atoms with Crippen LogP contribution in [0.2, 0.25) is 0 Å². The number of aromatic nitrogens is 2. The lowest BCUT2D eigenvalue weighted by Crippen LogP contribution is -2.04. The van der Waals surface area contributed by atoms with Gasteiger partial charge in [0.05, 0.1) is 0 Å². The minimum Gasteiger partial charge on any atom is -0.416 e. The van der Waals surface area contributed by atoms with Crippen LogP contribution in [-0.2, 0) is 0 Å². The molecule has 0 amide bonds. The second kappa shape index (κ2) is 5.20. The molecule has 1 atom stereocenters. The summed E-state index contributed by atoms with van der Waals surface area (Å²) in [5.41, 5.74) is 6.91. The molecule has 0 aliphatic rings. The smallest absolute Gasteiger partial charge is 0.281 e. The van der Waals surface area contributed by atoms with Crippen molar-refractivity contribution in [1.29, 1.82) is 0 Å². The van der Waals surface area contributed by atoms with Crippen molar-refractivity contribution < 1.29 is 4.42 Å². The van der Waals surface area contributed by atoms with Crippen LogP contribution in [0.5, 0.6) is 0 Å². The van der Waals surface area contributed by atoms with E-state index in [0.29, 0.717) is 11.1 Å². The summed E-state index contributed by atoms with van der Waals surface area (Å²) in [6.45, 7) is 3.72. The van der Waals surface area contributed by atoms with Crippen LogP contribution in [0.1, 0.15) is 24.4 Å². The lowest BCUT2D eigenvalue weighted by Gasteiger charge is -2.08. The van der Waals surface area contributed by atoms with E-state index in [1.54, 1.807) is 6.92 Å². The maximum absolute atomic E-state index is 5.82. The van der Waals surface area contributed by atoms with Gasteiger partial charge in [0, 0.05) is 22.3 Å². The Morgan fingerprint density at radius 2 is 2.18 bits per heavy atom. The van der Waals surface area contributed by atoms with Crippen molar-refractivity contribution in [2.75, 3.05) is 0 Å². The van der Waals surface area contributed by atoms with Crippen LogP contribution >= 0.6 is 27.7 Å². The summed E-state index contributed by atoms with van der Waals surface area (Å²) >= 11 is 4.94. The molecule has 0 aliphatic carbocycles. The molecule has 0 bridgehead atoms. The summed E-state index contributed by atoms with van der Waals surface area (Å²) < 4.78 is 6.30. The molecular formula is C11H12BrN3OS. The molecule has 2 aromatic rings. The van der Waals surface area contributed by atoms with Crippen LogP contribution in [0.25, 0.3) is 0 Å². The second-order valence-corrected chi connectivity index (χ2v) is 5.52. The Hall–Kier alpha value is -0.850. The predicted octanol–water partition coefficient (Wildman–Crippen LogP) is 3.31. The summed E-state index contributed by atoms with van der Waals surface area (Å²) in [4.78, 5) is 1.03. The highest BCUT2D eigenvalue weighted by Crippen LogP contribution is 2.33. The fraction of sp³-hybridized carbons (Fsp3) is 0.273. The summed E-state index contributed by atoms with van der Waals surface area (Å²) in [7, 11) is 0. The molecule has 2 N–H and O–H groups in total. The van der Waals surface area contributed by atoms with Gasteiger partial charge in [0.2, 0.25) is 5.89 Å². The van der Waals surface area contributed by atoms with E-state index >= 15 is 0 Å². The summed E-state index contributed by atoms with van der Waals surface area (Å²) in [5.74, 6) is 0.566. The molecule has 1 aromatic carbocycles. The van der Waals surface area contributed by atoms with Crippen LogP contribution in [0.3, 0.4) is 0 Å². The maximum atomic E-state index is 5.82. The molecule has 0 saturated carbocycles. The van der Waals surface area contributed by atoms with Gasteiger partial charge >= 0.3 is 0 Å². The molecule has 0 fully saturated rings. The third-order valence-corrected chi connectivity index (χ3v) is 4.02. The zero-order valence-corrected chi connectivity index (χ0v) is 11.9. The average Bonchev–Trinajstić information content (AvgIpc) is 2.67. The highest BCUT2D eigenvalue weighted by atomic mass is 79.9.